The molecule has 0 aliphatic carbocycles. The number of aryl methyl sites for hydroxylation is 1. The summed E-state index contributed by atoms with van der Waals surface area (Å²) in [7, 11) is 0. The molecule has 1 N–H and O–H groups in total. The minimum absolute atomic E-state index is 0.104. The molecule has 5 heteroatoms. The molecule has 0 aliphatic rings. The quantitative estimate of drug-likeness (QED) is 0.632. The van der Waals surface area contributed by atoms with E-state index < -0.39 is 0 Å². The van der Waals surface area contributed by atoms with E-state index in [1.165, 1.54) is 0 Å². The van der Waals surface area contributed by atoms with Crippen LogP contribution >= 0.6 is 47.8 Å². The highest BCUT2D eigenvalue weighted by Crippen LogP contribution is 2.36. The lowest BCUT2D eigenvalue weighted by molar-refractivity contribution is 0.467. The van der Waals surface area contributed by atoms with E-state index in [0.717, 1.165) is 30.6 Å². The van der Waals surface area contributed by atoms with Crippen LogP contribution in [0.3, 0.4) is 0 Å². The summed E-state index contributed by atoms with van der Waals surface area (Å²) >= 11 is 10.6. The molecule has 1 aromatic carbocycles. The van der Waals surface area contributed by atoms with E-state index in [1.54, 1.807) is 0 Å². The van der Waals surface area contributed by atoms with Gasteiger partial charge in [0.2, 0.25) is 0 Å². The summed E-state index contributed by atoms with van der Waals surface area (Å²) in [5.41, 5.74) is 1.01. The average Bonchev–Trinajstić information content (AvgIpc) is 2.70. The van der Waals surface area contributed by atoms with Crippen LogP contribution in [0.25, 0.3) is 0 Å². The Bertz CT molecular complexity index is 542. The van der Waals surface area contributed by atoms with Gasteiger partial charge in [0.1, 0.15) is 11.5 Å². The summed E-state index contributed by atoms with van der Waals surface area (Å²) < 4.78 is 8.64. The van der Waals surface area contributed by atoms with Crippen LogP contribution in [0.1, 0.15) is 24.5 Å². The number of anilines is 1. The predicted molar refractivity (Wildman–Crippen MR) is 85.0 cm³/mol. The highest BCUT2D eigenvalue weighted by molar-refractivity contribution is 9.11. The zero-order valence-electron chi connectivity index (χ0n) is 9.93. The highest BCUT2D eigenvalue weighted by Gasteiger charge is 2.13. The highest BCUT2D eigenvalue weighted by atomic mass is 79.9. The first kappa shape index (κ1) is 14.2. The van der Waals surface area contributed by atoms with E-state index in [1.807, 2.05) is 31.2 Å². The maximum atomic E-state index is 5.62. The van der Waals surface area contributed by atoms with Gasteiger partial charge in [-0.25, -0.2) is 0 Å². The summed E-state index contributed by atoms with van der Waals surface area (Å²) in [6.07, 6.45) is 0. The van der Waals surface area contributed by atoms with Crippen molar-refractivity contribution in [2.45, 2.75) is 19.9 Å². The van der Waals surface area contributed by atoms with Crippen LogP contribution in [-0.4, -0.2) is 0 Å². The summed E-state index contributed by atoms with van der Waals surface area (Å²) in [6.45, 7) is 4.01. The van der Waals surface area contributed by atoms with Gasteiger partial charge in [-0.1, -0.05) is 15.9 Å². The molecule has 2 nitrogen and oxygen atoms in total. The van der Waals surface area contributed by atoms with E-state index in [9.17, 15) is 0 Å². The fraction of sp³-hybridized carbons (Fsp3) is 0.231. The van der Waals surface area contributed by atoms with Crippen LogP contribution in [-0.2, 0) is 0 Å². The second-order valence-corrected chi connectivity index (χ2v) is 6.68. The number of furan rings is 1. The first-order valence-electron chi connectivity index (χ1n) is 5.45. The number of halogens is 3. The van der Waals surface area contributed by atoms with Crippen molar-refractivity contribution < 1.29 is 4.42 Å². The van der Waals surface area contributed by atoms with Gasteiger partial charge in [-0.05, 0) is 70.0 Å². The predicted octanol–water partition coefficient (Wildman–Crippen LogP) is 6.05. The topological polar surface area (TPSA) is 25.2 Å². The van der Waals surface area contributed by atoms with E-state index in [-0.39, 0.29) is 6.04 Å². The Morgan fingerprint density at radius 1 is 1.11 bits per heavy atom. The molecule has 0 radical (unpaired) electrons. The van der Waals surface area contributed by atoms with Crippen molar-refractivity contribution in [2.24, 2.45) is 0 Å². The Hall–Kier alpha value is -0.260. The van der Waals surface area contributed by atoms with Crippen molar-refractivity contribution in [1.29, 1.82) is 0 Å². The molecule has 1 unspecified atom stereocenters. The molecular weight excluding hydrogens is 426 g/mol. The monoisotopic (exact) mass is 435 g/mol. The van der Waals surface area contributed by atoms with Gasteiger partial charge in [0, 0.05) is 13.4 Å². The van der Waals surface area contributed by atoms with Crippen LogP contribution in [0.4, 0.5) is 5.69 Å². The van der Waals surface area contributed by atoms with Gasteiger partial charge in [0.15, 0.2) is 0 Å². The molecule has 96 valence electrons. The van der Waals surface area contributed by atoms with Crippen LogP contribution < -0.4 is 5.32 Å². The molecule has 0 saturated carbocycles. The molecule has 1 aromatic heterocycles. The fourth-order valence-corrected chi connectivity index (χ4v) is 4.14. The first-order chi connectivity index (χ1) is 8.47. The van der Waals surface area contributed by atoms with Gasteiger partial charge < -0.3 is 9.73 Å². The Balaban J connectivity index is 2.24. The van der Waals surface area contributed by atoms with E-state index in [2.05, 4.69) is 60.0 Å². The molecule has 0 amide bonds. The van der Waals surface area contributed by atoms with Crippen molar-refractivity contribution in [3.8, 4) is 0 Å². The maximum Gasteiger partial charge on any atom is 0.126 e. The number of nitrogens with one attached hydrogen (secondary N) is 1. The minimum Gasteiger partial charge on any atom is -0.464 e. The van der Waals surface area contributed by atoms with Crippen molar-refractivity contribution in [3.05, 3.63) is 49.2 Å². The Morgan fingerprint density at radius 3 is 2.22 bits per heavy atom. The summed E-state index contributed by atoms with van der Waals surface area (Å²) in [4.78, 5) is 0. The van der Waals surface area contributed by atoms with Gasteiger partial charge in [0.05, 0.1) is 11.7 Å². The van der Waals surface area contributed by atoms with Crippen LogP contribution in [0.5, 0.6) is 0 Å². The summed E-state index contributed by atoms with van der Waals surface area (Å²) in [5, 5.41) is 3.43. The number of hydrogen-bond donors (Lipinski definition) is 1. The van der Waals surface area contributed by atoms with Gasteiger partial charge >= 0.3 is 0 Å². The van der Waals surface area contributed by atoms with Crippen molar-refractivity contribution in [3.63, 3.8) is 0 Å². The molecule has 0 saturated heterocycles. The second kappa shape index (κ2) is 5.80. The third-order valence-corrected chi connectivity index (χ3v) is 4.26. The molecule has 1 atom stereocenters. The summed E-state index contributed by atoms with van der Waals surface area (Å²) in [6, 6.07) is 8.08. The van der Waals surface area contributed by atoms with Crippen molar-refractivity contribution >= 4 is 53.5 Å². The Kier molecular flexibility index (Phi) is 4.56. The van der Waals surface area contributed by atoms with Crippen molar-refractivity contribution in [2.75, 3.05) is 5.32 Å². The van der Waals surface area contributed by atoms with Gasteiger partial charge in [-0.15, -0.1) is 0 Å². The molecular formula is C13H12Br3NO. The molecule has 2 aromatic rings. The lowest BCUT2D eigenvalue weighted by Gasteiger charge is -2.16. The lowest BCUT2D eigenvalue weighted by Crippen LogP contribution is -2.06. The van der Waals surface area contributed by atoms with E-state index >= 15 is 0 Å². The molecule has 0 bridgehead atoms. The molecule has 18 heavy (non-hydrogen) atoms. The Morgan fingerprint density at radius 2 is 1.72 bits per heavy atom. The molecule has 0 fully saturated rings. The number of benzene rings is 1. The third kappa shape index (κ3) is 3.19. The normalized spacial score (nSPS) is 12.5. The third-order valence-electron chi connectivity index (χ3n) is 2.56. The van der Waals surface area contributed by atoms with Crippen LogP contribution in [0, 0.1) is 6.92 Å². The molecule has 0 aliphatic heterocycles. The van der Waals surface area contributed by atoms with Gasteiger partial charge in [0.25, 0.3) is 0 Å². The second-order valence-electron chi connectivity index (χ2n) is 4.06. The minimum atomic E-state index is 0.104. The fourth-order valence-electron chi connectivity index (χ4n) is 1.65. The molecule has 1 heterocycles. The largest absolute Gasteiger partial charge is 0.464 e. The maximum absolute atomic E-state index is 5.62. The number of rotatable bonds is 3. The van der Waals surface area contributed by atoms with Crippen molar-refractivity contribution in [1.82, 2.24) is 0 Å². The van der Waals surface area contributed by atoms with Gasteiger partial charge in [-0.2, -0.15) is 0 Å². The SMILES string of the molecule is Cc1ccc(C(C)Nc2c(Br)cc(Br)cc2Br)o1. The zero-order chi connectivity index (χ0) is 13.3. The van der Waals surface area contributed by atoms with E-state index in [4.69, 9.17) is 4.42 Å². The van der Waals surface area contributed by atoms with E-state index in [0.29, 0.717) is 0 Å². The van der Waals surface area contributed by atoms with Crippen LogP contribution in [0.2, 0.25) is 0 Å². The first-order valence-corrected chi connectivity index (χ1v) is 7.82. The van der Waals surface area contributed by atoms with Gasteiger partial charge in [-0.3, -0.25) is 0 Å². The summed E-state index contributed by atoms with van der Waals surface area (Å²) in [5.74, 6) is 1.85. The standard InChI is InChI=1S/C13H12Br3NO/c1-7-3-4-12(18-7)8(2)17-13-10(15)5-9(14)6-11(13)16/h3-6,8,17H,1-2H3. The molecule has 2 rings (SSSR count). The Labute approximate surface area is 132 Å². The smallest absolute Gasteiger partial charge is 0.126 e. The molecule has 0 spiro atoms. The average molecular weight is 438 g/mol. The zero-order valence-corrected chi connectivity index (χ0v) is 14.7. The van der Waals surface area contributed by atoms with Crippen LogP contribution in [0.15, 0.2) is 42.1 Å². The lowest BCUT2D eigenvalue weighted by atomic mass is 10.2. The number of hydrogen-bond acceptors (Lipinski definition) is 2.